The zero-order valence-electron chi connectivity index (χ0n) is 3.85. The van der Waals surface area contributed by atoms with Crippen LogP contribution in [0.3, 0.4) is 0 Å². The Bertz CT molecular complexity index is 133. The number of rotatable bonds is 0. The van der Waals surface area contributed by atoms with Crippen LogP contribution in [0.2, 0.25) is 0 Å². The molecule has 2 nitrogen and oxygen atoms in total. The molecule has 0 aromatic rings. The van der Waals surface area contributed by atoms with Crippen molar-refractivity contribution in [3.05, 3.63) is 5.75 Å². The highest BCUT2D eigenvalue weighted by molar-refractivity contribution is 7.93. The molecular formula is C4H6O2S. The smallest absolute Gasteiger partial charge is 0.159 e. The molecule has 0 aromatic heterocycles. The van der Waals surface area contributed by atoms with E-state index in [1.807, 2.05) is 0 Å². The van der Waals surface area contributed by atoms with Crippen LogP contribution in [0, 0.1) is 5.75 Å². The third kappa shape index (κ3) is 1.16. The molecule has 1 aliphatic rings. The van der Waals surface area contributed by atoms with E-state index in [0.29, 0.717) is 12.2 Å². The van der Waals surface area contributed by atoms with Gasteiger partial charge in [0.25, 0.3) is 0 Å². The van der Waals surface area contributed by atoms with Crippen LogP contribution in [0.25, 0.3) is 0 Å². The van der Waals surface area contributed by atoms with Crippen molar-refractivity contribution in [3.8, 4) is 0 Å². The first-order chi connectivity index (χ1) is 3.21. The van der Waals surface area contributed by atoms with Crippen LogP contribution in [-0.2, 0) is 9.84 Å². The van der Waals surface area contributed by atoms with Crippen LogP contribution in [0.5, 0.6) is 0 Å². The summed E-state index contributed by atoms with van der Waals surface area (Å²) in [4.78, 5) is 0. The van der Waals surface area contributed by atoms with Crippen molar-refractivity contribution in [2.45, 2.75) is 12.8 Å². The summed E-state index contributed by atoms with van der Waals surface area (Å²) in [6.45, 7) is 0. The van der Waals surface area contributed by atoms with Gasteiger partial charge in [-0.2, -0.15) is 0 Å². The lowest BCUT2D eigenvalue weighted by Crippen LogP contribution is -1.93. The molecule has 1 rings (SSSR count). The number of sulfone groups is 1. The molecule has 1 heterocycles. The van der Waals surface area contributed by atoms with Gasteiger partial charge in [0.2, 0.25) is 0 Å². The fraction of sp³-hybridized carbons (Fsp3) is 0.750. The molecule has 0 aliphatic carbocycles. The van der Waals surface area contributed by atoms with E-state index in [2.05, 4.69) is 5.75 Å². The van der Waals surface area contributed by atoms with Crippen LogP contribution in [0.15, 0.2) is 0 Å². The Labute approximate surface area is 43.5 Å². The minimum atomic E-state index is -2.80. The molecule has 40 valence electrons. The zero-order valence-corrected chi connectivity index (χ0v) is 4.66. The van der Waals surface area contributed by atoms with Gasteiger partial charge < -0.3 is 0 Å². The van der Waals surface area contributed by atoms with Crippen LogP contribution >= 0.6 is 0 Å². The first kappa shape index (κ1) is 5.09. The first-order valence-electron chi connectivity index (χ1n) is 2.18. The van der Waals surface area contributed by atoms with Crippen molar-refractivity contribution in [2.24, 2.45) is 0 Å². The maximum absolute atomic E-state index is 10.3. The molecule has 0 saturated carbocycles. The molecule has 1 fully saturated rings. The predicted molar refractivity (Wildman–Crippen MR) is 26.3 cm³/mol. The molecule has 0 aromatic carbocycles. The Morgan fingerprint density at radius 2 is 2.14 bits per heavy atom. The highest BCUT2D eigenvalue weighted by Gasteiger charge is 2.17. The van der Waals surface area contributed by atoms with E-state index in [-0.39, 0.29) is 0 Å². The molecule has 7 heavy (non-hydrogen) atoms. The molecule has 1 saturated heterocycles. The second-order valence-electron chi connectivity index (χ2n) is 1.57. The van der Waals surface area contributed by atoms with Crippen molar-refractivity contribution in [1.82, 2.24) is 0 Å². The Morgan fingerprint density at radius 1 is 1.43 bits per heavy atom. The normalized spacial score (nSPS) is 28.0. The topological polar surface area (TPSA) is 34.1 Å². The fourth-order valence-corrected chi connectivity index (χ4v) is 1.69. The summed E-state index contributed by atoms with van der Waals surface area (Å²) in [5, 5.41) is 0. The number of hydrogen-bond acceptors (Lipinski definition) is 2. The highest BCUT2D eigenvalue weighted by atomic mass is 32.2. The molecule has 0 atom stereocenters. The van der Waals surface area contributed by atoms with E-state index >= 15 is 0 Å². The van der Waals surface area contributed by atoms with E-state index in [1.165, 1.54) is 0 Å². The minimum Gasteiger partial charge on any atom is -0.228 e. The number of hydrogen-bond donors (Lipinski definition) is 0. The molecular weight excluding hydrogens is 112 g/mol. The summed E-state index contributed by atoms with van der Waals surface area (Å²) in [7, 11) is -2.80. The maximum atomic E-state index is 10.3. The lowest BCUT2D eigenvalue weighted by Gasteiger charge is -1.80. The Kier molecular flexibility index (Phi) is 1.07. The van der Waals surface area contributed by atoms with Crippen molar-refractivity contribution in [3.63, 3.8) is 0 Å². The Hall–Kier alpha value is -0.0500. The van der Waals surface area contributed by atoms with Gasteiger partial charge in [0.05, 0.1) is 5.75 Å². The average molecular weight is 118 g/mol. The third-order valence-electron chi connectivity index (χ3n) is 0.912. The molecule has 0 N–H and O–H groups in total. The van der Waals surface area contributed by atoms with Gasteiger partial charge in [0.15, 0.2) is 9.84 Å². The van der Waals surface area contributed by atoms with Gasteiger partial charge in [-0.25, -0.2) is 8.42 Å². The van der Waals surface area contributed by atoms with E-state index in [4.69, 9.17) is 0 Å². The molecule has 0 spiro atoms. The molecule has 0 unspecified atom stereocenters. The zero-order chi connectivity index (χ0) is 5.33. The lowest BCUT2D eigenvalue weighted by molar-refractivity contribution is 0.605. The van der Waals surface area contributed by atoms with E-state index in [0.717, 1.165) is 6.42 Å². The van der Waals surface area contributed by atoms with Crippen LogP contribution in [0.4, 0.5) is 0 Å². The van der Waals surface area contributed by atoms with Crippen molar-refractivity contribution in [1.29, 1.82) is 0 Å². The van der Waals surface area contributed by atoms with Gasteiger partial charge in [-0.3, -0.25) is 0 Å². The Balaban J connectivity index is 2.76. The average Bonchev–Trinajstić information content (AvgIpc) is 1.84. The molecule has 2 radical (unpaired) electrons. The highest BCUT2D eigenvalue weighted by Crippen LogP contribution is 2.13. The van der Waals surface area contributed by atoms with Gasteiger partial charge in [0.1, 0.15) is 5.75 Å². The fourth-order valence-electron chi connectivity index (χ4n) is 0.562. The molecule has 0 amide bonds. The predicted octanol–water partition coefficient (Wildman–Crippen LogP) is 0.234. The van der Waals surface area contributed by atoms with Gasteiger partial charge in [-0.15, -0.1) is 0 Å². The van der Waals surface area contributed by atoms with Crippen LogP contribution < -0.4 is 0 Å². The molecule has 1 aliphatic heterocycles. The van der Waals surface area contributed by atoms with Gasteiger partial charge in [-0.05, 0) is 12.8 Å². The van der Waals surface area contributed by atoms with Crippen molar-refractivity contribution >= 4 is 9.84 Å². The quantitative estimate of drug-likeness (QED) is 0.456. The summed E-state index contributed by atoms with van der Waals surface area (Å²) in [6.07, 6.45) is 1.39. The largest absolute Gasteiger partial charge is 0.228 e. The van der Waals surface area contributed by atoms with Gasteiger partial charge in [0, 0.05) is 0 Å². The van der Waals surface area contributed by atoms with Crippen LogP contribution in [0.1, 0.15) is 12.8 Å². The minimum absolute atomic E-state index is 0.312. The summed E-state index contributed by atoms with van der Waals surface area (Å²) in [6, 6.07) is 0. The summed E-state index contributed by atoms with van der Waals surface area (Å²) in [5.74, 6) is 2.68. The summed E-state index contributed by atoms with van der Waals surface area (Å²) < 4.78 is 20.6. The maximum Gasteiger partial charge on any atom is 0.159 e. The molecule has 3 heteroatoms. The second-order valence-corrected chi connectivity index (χ2v) is 3.49. The van der Waals surface area contributed by atoms with E-state index in [1.54, 1.807) is 0 Å². The summed E-state index contributed by atoms with van der Waals surface area (Å²) >= 11 is 0. The van der Waals surface area contributed by atoms with Crippen molar-refractivity contribution < 1.29 is 8.42 Å². The van der Waals surface area contributed by atoms with E-state index in [9.17, 15) is 8.42 Å². The van der Waals surface area contributed by atoms with Gasteiger partial charge in [-0.1, -0.05) is 0 Å². The Morgan fingerprint density at radius 3 is 2.29 bits per heavy atom. The SMILES string of the molecule is O=S1(=O)[C]CCC1. The third-order valence-corrected chi connectivity index (χ3v) is 2.38. The second kappa shape index (κ2) is 1.47. The first-order valence-corrected chi connectivity index (χ1v) is 3.83. The standard InChI is InChI=1S/C4H6O2S/c5-7(6)3-1-2-4-7/h1-3H2. The monoisotopic (exact) mass is 118 g/mol. The van der Waals surface area contributed by atoms with E-state index < -0.39 is 9.84 Å². The van der Waals surface area contributed by atoms with Gasteiger partial charge >= 0.3 is 0 Å². The lowest BCUT2D eigenvalue weighted by atomic mass is 10.4. The van der Waals surface area contributed by atoms with Crippen molar-refractivity contribution in [2.75, 3.05) is 5.75 Å². The van der Waals surface area contributed by atoms with Crippen LogP contribution in [-0.4, -0.2) is 14.2 Å². The summed E-state index contributed by atoms with van der Waals surface area (Å²) in [5.41, 5.74) is 0. The molecule has 0 bridgehead atoms.